The van der Waals surface area contributed by atoms with Crippen molar-refractivity contribution in [2.24, 2.45) is 5.92 Å². The third-order valence-corrected chi connectivity index (χ3v) is 4.67. The number of hydrogen-bond donors (Lipinski definition) is 3. The Morgan fingerprint density at radius 3 is 2.62 bits per heavy atom. The van der Waals surface area contributed by atoms with Crippen LogP contribution in [-0.4, -0.2) is 25.2 Å². The van der Waals surface area contributed by atoms with Crippen molar-refractivity contribution in [1.82, 2.24) is 16.2 Å². The fourth-order valence-electron chi connectivity index (χ4n) is 3.18. The Bertz CT molecular complexity index is 428. The van der Waals surface area contributed by atoms with Crippen LogP contribution in [0.15, 0.2) is 24.3 Å². The van der Waals surface area contributed by atoms with E-state index in [-0.39, 0.29) is 0 Å². The summed E-state index contributed by atoms with van der Waals surface area (Å²) in [5.41, 5.74) is 7.78. The maximum absolute atomic E-state index is 5.99. The van der Waals surface area contributed by atoms with E-state index in [9.17, 15) is 0 Å². The third kappa shape index (κ3) is 4.19. The summed E-state index contributed by atoms with van der Waals surface area (Å²) < 4.78 is 5.99. The molecular weight excluding hydrogens is 262 g/mol. The Kier molecular flexibility index (Phi) is 5.12. The second kappa shape index (κ2) is 7.25. The Labute approximate surface area is 127 Å². The Hall–Kier alpha value is -1.10. The van der Waals surface area contributed by atoms with Crippen molar-refractivity contribution in [3.05, 3.63) is 29.8 Å². The van der Waals surface area contributed by atoms with E-state index in [0.717, 1.165) is 25.4 Å². The van der Waals surface area contributed by atoms with Crippen molar-refractivity contribution in [3.63, 3.8) is 0 Å². The van der Waals surface area contributed by atoms with Gasteiger partial charge in [0.2, 0.25) is 0 Å². The van der Waals surface area contributed by atoms with Gasteiger partial charge in [-0.2, -0.15) is 0 Å². The van der Waals surface area contributed by atoms with Crippen molar-refractivity contribution in [2.45, 2.75) is 51.3 Å². The van der Waals surface area contributed by atoms with Crippen LogP contribution in [0, 0.1) is 5.92 Å². The summed E-state index contributed by atoms with van der Waals surface area (Å²) in [6, 6.07) is 9.10. The second-order valence-corrected chi connectivity index (χ2v) is 6.37. The van der Waals surface area contributed by atoms with Gasteiger partial charge in [0.05, 0.1) is 6.10 Å². The Morgan fingerprint density at radius 2 is 1.95 bits per heavy atom. The summed E-state index contributed by atoms with van der Waals surface area (Å²) in [5.74, 6) is 1.68. The van der Waals surface area contributed by atoms with Gasteiger partial charge in [-0.25, -0.2) is 0 Å². The van der Waals surface area contributed by atoms with Gasteiger partial charge in [0, 0.05) is 31.6 Å². The van der Waals surface area contributed by atoms with E-state index >= 15 is 0 Å². The molecule has 4 heteroatoms. The average molecular weight is 289 g/mol. The summed E-state index contributed by atoms with van der Waals surface area (Å²) >= 11 is 0. The summed E-state index contributed by atoms with van der Waals surface area (Å²) in [5, 5.41) is 3.55. The molecule has 116 valence electrons. The minimum absolute atomic E-state index is 0.442. The lowest BCUT2D eigenvalue weighted by Gasteiger charge is -2.15. The van der Waals surface area contributed by atoms with Crippen LogP contribution in [0.4, 0.5) is 0 Å². The number of hydrogen-bond acceptors (Lipinski definition) is 4. The monoisotopic (exact) mass is 289 g/mol. The zero-order chi connectivity index (χ0) is 14.5. The molecule has 1 aliphatic heterocycles. The highest BCUT2D eigenvalue weighted by molar-refractivity contribution is 5.27. The van der Waals surface area contributed by atoms with E-state index in [0.29, 0.717) is 18.1 Å². The van der Waals surface area contributed by atoms with Gasteiger partial charge in [0.1, 0.15) is 5.75 Å². The van der Waals surface area contributed by atoms with Crippen molar-refractivity contribution in [2.75, 3.05) is 13.1 Å². The highest BCUT2D eigenvalue weighted by atomic mass is 16.5. The summed E-state index contributed by atoms with van der Waals surface area (Å²) in [4.78, 5) is 0. The molecule has 3 rings (SSSR count). The number of benzene rings is 1. The number of rotatable bonds is 6. The van der Waals surface area contributed by atoms with Crippen LogP contribution in [0.2, 0.25) is 0 Å². The standard InChI is InChI=1S/C17H27N3O/c1-13-15(12-19-20-13)11-18-10-14-6-8-17(9-7-14)21-16-4-2-3-5-16/h6-9,13,15-16,18-20H,2-5,10-12H2,1H3. The highest BCUT2D eigenvalue weighted by Gasteiger charge is 2.21. The molecule has 1 heterocycles. The molecule has 1 saturated carbocycles. The van der Waals surface area contributed by atoms with Crippen LogP contribution in [0.3, 0.4) is 0 Å². The second-order valence-electron chi connectivity index (χ2n) is 6.37. The molecule has 0 bridgehead atoms. The zero-order valence-electron chi connectivity index (χ0n) is 12.9. The first-order valence-corrected chi connectivity index (χ1v) is 8.26. The van der Waals surface area contributed by atoms with Gasteiger partial charge < -0.3 is 10.1 Å². The molecule has 0 spiro atoms. The lowest BCUT2D eigenvalue weighted by molar-refractivity contribution is 0.210. The third-order valence-electron chi connectivity index (χ3n) is 4.67. The number of hydrazine groups is 1. The molecule has 1 aromatic carbocycles. The smallest absolute Gasteiger partial charge is 0.119 e. The first-order chi connectivity index (χ1) is 10.3. The maximum atomic E-state index is 5.99. The molecule has 4 nitrogen and oxygen atoms in total. The number of ether oxygens (including phenoxy) is 1. The largest absolute Gasteiger partial charge is 0.490 e. The van der Waals surface area contributed by atoms with E-state index in [1.54, 1.807) is 0 Å². The number of nitrogens with one attached hydrogen (secondary N) is 3. The molecule has 1 saturated heterocycles. The molecule has 0 radical (unpaired) electrons. The van der Waals surface area contributed by atoms with Gasteiger partial charge in [0.25, 0.3) is 0 Å². The summed E-state index contributed by atoms with van der Waals surface area (Å²) in [7, 11) is 0. The predicted octanol–water partition coefficient (Wildman–Crippen LogP) is 2.21. The Morgan fingerprint density at radius 1 is 1.19 bits per heavy atom. The molecule has 0 amide bonds. The van der Waals surface area contributed by atoms with E-state index in [2.05, 4.69) is 47.4 Å². The lowest BCUT2D eigenvalue weighted by atomic mass is 10.0. The van der Waals surface area contributed by atoms with Gasteiger partial charge in [0.15, 0.2) is 0 Å². The molecule has 21 heavy (non-hydrogen) atoms. The summed E-state index contributed by atoms with van der Waals surface area (Å²) in [6.07, 6.45) is 5.50. The summed E-state index contributed by atoms with van der Waals surface area (Å²) in [6.45, 7) is 5.23. The van der Waals surface area contributed by atoms with Crippen molar-refractivity contribution < 1.29 is 4.74 Å². The molecule has 2 aliphatic rings. The Balaban J connectivity index is 1.41. The molecule has 1 aromatic rings. The predicted molar refractivity (Wildman–Crippen MR) is 85.1 cm³/mol. The van der Waals surface area contributed by atoms with E-state index in [4.69, 9.17) is 4.74 Å². The first kappa shape index (κ1) is 14.8. The van der Waals surface area contributed by atoms with Crippen molar-refractivity contribution >= 4 is 0 Å². The molecule has 2 unspecified atom stereocenters. The first-order valence-electron chi connectivity index (χ1n) is 8.26. The molecule has 2 fully saturated rings. The SMILES string of the molecule is CC1NNCC1CNCc1ccc(OC2CCCC2)cc1. The van der Waals surface area contributed by atoms with Gasteiger partial charge in [-0.3, -0.25) is 10.9 Å². The van der Waals surface area contributed by atoms with E-state index in [1.165, 1.54) is 31.2 Å². The van der Waals surface area contributed by atoms with E-state index < -0.39 is 0 Å². The fraction of sp³-hybridized carbons (Fsp3) is 0.647. The molecular formula is C17H27N3O. The maximum Gasteiger partial charge on any atom is 0.119 e. The molecule has 1 aliphatic carbocycles. The topological polar surface area (TPSA) is 45.3 Å². The van der Waals surface area contributed by atoms with Crippen molar-refractivity contribution in [1.29, 1.82) is 0 Å². The van der Waals surface area contributed by atoms with Gasteiger partial charge in [-0.15, -0.1) is 0 Å². The van der Waals surface area contributed by atoms with Gasteiger partial charge >= 0.3 is 0 Å². The van der Waals surface area contributed by atoms with E-state index in [1.807, 2.05) is 0 Å². The normalized spacial score (nSPS) is 26.3. The van der Waals surface area contributed by atoms with Gasteiger partial charge in [-0.05, 0) is 50.3 Å². The van der Waals surface area contributed by atoms with Crippen LogP contribution in [0.25, 0.3) is 0 Å². The molecule has 2 atom stereocenters. The lowest BCUT2D eigenvalue weighted by Crippen LogP contribution is -2.32. The van der Waals surface area contributed by atoms with Crippen LogP contribution < -0.4 is 20.9 Å². The van der Waals surface area contributed by atoms with Gasteiger partial charge in [-0.1, -0.05) is 12.1 Å². The molecule has 3 N–H and O–H groups in total. The minimum atomic E-state index is 0.442. The van der Waals surface area contributed by atoms with Crippen LogP contribution in [0.5, 0.6) is 5.75 Å². The minimum Gasteiger partial charge on any atom is -0.490 e. The highest BCUT2D eigenvalue weighted by Crippen LogP contribution is 2.24. The quantitative estimate of drug-likeness (QED) is 0.751. The fourth-order valence-corrected chi connectivity index (χ4v) is 3.18. The molecule has 0 aromatic heterocycles. The van der Waals surface area contributed by atoms with Crippen molar-refractivity contribution in [3.8, 4) is 5.75 Å². The van der Waals surface area contributed by atoms with Crippen LogP contribution in [-0.2, 0) is 6.54 Å². The average Bonchev–Trinajstić information content (AvgIpc) is 3.13. The zero-order valence-corrected chi connectivity index (χ0v) is 12.9. The van der Waals surface area contributed by atoms with Crippen LogP contribution in [0.1, 0.15) is 38.2 Å². The van der Waals surface area contributed by atoms with Crippen LogP contribution >= 0.6 is 0 Å².